The SMILES string of the molecule is C[C@@H](Sc1ccc(Cl)cc1)C(=O)OCC(=O)N1CCNC1=O. The van der Waals surface area contributed by atoms with E-state index in [2.05, 4.69) is 5.32 Å². The molecule has 22 heavy (non-hydrogen) atoms. The van der Waals surface area contributed by atoms with Crippen LogP contribution in [0.3, 0.4) is 0 Å². The summed E-state index contributed by atoms with van der Waals surface area (Å²) in [6.45, 7) is 1.97. The van der Waals surface area contributed by atoms with E-state index >= 15 is 0 Å². The topological polar surface area (TPSA) is 75.7 Å². The van der Waals surface area contributed by atoms with Crippen molar-refractivity contribution in [1.29, 1.82) is 0 Å². The van der Waals surface area contributed by atoms with Gasteiger partial charge in [-0.2, -0.15) is 0 Å². The molecule has 1 atom stereocenters. The lowest BCUT2D eigenvalue weighted by molar-refractivity contribution is -0.149. The summed E-state index contributed by atoms with van der Waals surface area (Å²) < 4.78 is 4.97. The third-order valence-electron chi connectivity index (χ3n) is 2.95. The third kappa shape index (κ3) is 4.38. The maximum absolute atomic E-state index is 11.9. The molecule has 1 fully saturated rings. The van der Waals surface area contributed by atoms with Crippen molar-refractivity contribution in [3.05, 3.63) is 29.3 Å². The van der Waals surface area contributed by atoms with Gasteiger partial charge in [0, 0.05) is 23.0 Å². The Labute approximate surface area is 137 Å². The number of benzene rings is 1. The van der Waals surface area contributed by atoms with Crippen molar-refractivity contribution in [2.75, 3.05) is 19.7 Å². The Bertz CT molecular complexity index is 579. The summed E-state index contributed by atoms with van der Waals surface area (Å²) in [5.74, 6) is -1.03. The van der Waals surface area contributed by atoms with Crippen molar-refractivity contribution in [2.45, 2.75) is 17.1 Å². The molecule has 3 amide bonds. The van der Waals surface area contributed by atoms with E-state index in [1.807, 2.05) is 0 Å². The molecule has 0 saturated carbocycles. The largest absolute Gasteiger partial charge is 0.455 e. The smallest absolute Gasteiger partial charge is 0.324 e. The fourth-order valence-electron chi connectivity index (χ4n) is 1.80. The summed E-state index contributed by atoms with van der Waals surface area (Å²) in [5.41, 5.74) is 0. The first-order valence-electron chi connectivity index (χ1n) is 6.64. The number of amides is 3. The summed E-state index contributed by atoms with van der Waals surface area (Å²) in [6, 6.07) is 6.62. The molecule has 0 unspecified atom stereocenters. The average Bonchev–Trinajstić information content (AvgIpc) is 2.93. The number of halogens is 1. The maximum Gasteiger partial charge on any atom is 0.324 e. The maximum atomic E-state index is 11.9. The summed E-state index contributed by atoms with van der Waals surface area (Å²) in [6.07, 6.45) is 0. The molecule has 0 spiro atoms. The van der Waals surface area contributed by atoms with Crippen LogP contribution in [0.1, 0.15) is 6.92 Å². The number of carbonyl (C=O) groups is 3. The molecular weight excluding hydrogens is 328 g/mol. The van der Waals surface area contributed by atoms with Crippen LogP contribution < -0.4 is 5.32 Å². The third-order valence-corrected chi connectivity index (χ3v) is 4.30. The first-order chi connectivity index (χ1) is 10.5. The molecule has 0 radical (unpaired) electrons. The lowest BCUT2D eigenvalue weighted by Gasteiger charge is -2.14. The Morgan fingerprint density at radius 3 is 2.68 bits per heavy atom. The Morgan fingerprint density at radius 2 is 2.09 bits per heavy atom. The van der Waals surface area contributed by atoms with Gasteiger partial charge in [-0.3, -0.25) is 14.5 Å². The van der Waals surface area contributed by atoms with Crippen molar-refractivity contribution in [2.24, 2.45) is 0 Å². The lowest BCUT2D eigenvalue weighted by atomic mass is 10.4. The highest BCUT2D eigenvalue weighted by Crippen LogP contribution is 2.25. The van der Waals surface area contributed by atoms with Gasteiger partial charge in [0.2, 0.25) is 0 Å². The van der Waals surface area contributed by atoms with E-state index in [-0.39, 0.29) is 0 Å². The molecule has 1 aromatic rings. The number of imide groups is 1. The molecule has 1 heterocycles. The summed E-state index contributed by atoms with van der Waals surface area (Å²) in [5, 5.41) is 2.66. The quantitative estimate of drug-likeness (QED) is 0.653. The van der Waals surface area contributed by atoms with E-state index in [0.717, 1.165) is 9.80 Å². The lowest BCUT2D eigenvalue weighted by Crippen LogP contribution is -2.37. The minimum atomic E-state index is -0.521. The van der Waals surface area contributed by atoms with Gasteiger partial charge in [0.25, 0.3) is 5.91 Å². The van der Waals surface area contributed by atoms with Gasteiger partial charge < -0.3 is 10.1 Å². The minimum absolute atomic E-state index is 0.296. The molecule has 1 aromatic carbocycles. The van der Waals surface area contributed by atoms with Crippen LogP contribution in [0.4, 0.5) is 4.79 Å². The Hall–Kier alpha value is -1.73. The zero-order chi connectivity index (χ0) is 16.1. The van der Waals surface area contributed by atoms with Crippen molar-refractivity contribution in [1.82, 2.24) is 10.2 Å². The van der Waals surface area contributed by atoms with Gasteiger partial charge >= 0.3 is 12.0 Å². The summed E-state index contributed by atoms with van der Waals surface area (Å²) in [4.78, 5) is 36.8. The van der Waals surface area contributed by atoms with Crippen LogP contribution in [-0.2, 0) is 14.3 Å². The Morgan fingerprint density at radius 1 is 1.41 bits per heavy atom. The van der Waals surface area contributed by atoms with Gasteiger partial charge in [0.05, 0.1) is 0 Å². The standard InChI is InChI=1S/C14H15ClN2O4S/c1-9(22-11-4-2-10(15)3-5-11)13(19)21-8-12(18)17-7-6-16-14(17)20/h2-5,9H,6-8H2,1H3,(H,16,20)/t9-/m1/s1. The molecule has 6 nitrogen and oxygen atoms in total. The fraction of sp³-hybridized carbons (Fsp3) is 0.357. The highest BCUT2D eigenvalue weighted by molar-refractivity contribution is 8.00. The number of hydrogen-bond donors (Lipinski definition) is 1. The summed E-state index contributed by atoms with van der Waals surface area (Å²) in [7, 11) is 0. The number of ether oxygens (including phenoxy) is 1. The van der Waals surface area contributed by atoms with Gasteiger partial charge in [-0.15, -0.1) is 11.8 Å². The first kappa shape index (κ1) is 16.6. The highest BCUT2D eigenvalue weighted by atomic mass is 35.5. The van der Waals surface area contributed by atoms with Gasteiger partial charge in [0.15, 0.2) is 6.61 Å². The fourth-order valence-corrected chi connectivity index (χ4v) is 2.79. The van der Waals surface area contributed by atoms with Gasteiger partial charge in [0.1, 0.15) is 5.25 Å². The van der Waals surface area contributed by atoms with Gasteiger partial charge in [-0.1, -0.05) is 11.6 Å². The van der Waals surface area contributed by atoms with Crippen molar-refractivity contribution in [3.63, 3.8) is 0 Å². The molecule has 1 aliphatic heterocycles. The number of hydrogen-bond acceptors (Lipinski definition) is 5. The second-order valence-corrected chi connectivity index (χ2v) is 6.45. The molecule has 1 aliphatic rings. The predicted octanol–water partition coefficient (Wildman–Crippen LogP) is 1.92. The van der Waals surface area contributed by atoms with Crippen molar-refractivity contribution in [3.8, 4) is 0 Å². The van der Waals surface area contributed by atoms with Crippen LogP contribution in [0, 0.1) is 0 Å². The van der Waals surface area contributed by atoms with Crippen LogP contribution >= 0.6 is 23.4 Å². The number of nitrogens with one attached hydrogen (secondary N) is 1. The van der Waals surface area contributed by atoms with E-state index in [1.165, 1.54) is 11.8 Å². The van der Waals surface area contributed by atoms with Gasteiger partial charge in [-0.05, 0) is 31.2 Å². The zero-order valence-corrected chi connectivity index (χ0v) is 13.4. The Kier molecular flexibility index (Phi) is 5.68. The van der Waals surface area contributed by atoms with Crippen LogP contribution in [0.2, 0.25) is 5.02 Å². The molecule has 0 bridgehead atoms. The summed E-state index contributed by atoms with van der Waals surface area (Å²) >= 11 is 7.10. The Balaban J connectivity index is 1.80. The zero-order valence-electron chi connectivity index (χ0n) is 11.9. The van der Waals surface area contributed by atoms with E-state index < -0.39 is 29.8 Å². The number of carbonyl (C=O) groups excluding carboxylic acids is 3. The normalized spacial score (nSPS) is 15.4. The molecule has 2 rings (SSSR count). The average molecular weight is 343 g/mol. The highest BCUT2D eigenvalue weighted by Gasteiger charge is 2.27. The van der Waals surface area contributed by atoms with E-state index in [9.17, 15) is 14.4 Å². The molecule has 1 saturated heterocycles. The predicted molar refractivity (Wildman–Crippen MR) is 82.8 cm³/mol. The number of urea groups is 1. The molecular formula is C14H15ClN2O4S. The van der Waals surface area contributed by atoms with Crippen molar-refractivity contribution < 1.29 is 19.1 Å². The van der Waals surface area contributed by atoms with Gasteiger partial charge in [-0.25, -0.2) is 4.79 Å². The molecule has 8 heteroatoms. The van der Waals surface area contributed by atoms with Crippen LogP contribution in [-0.4, -0.2) is 47.8 Å². The second-order valence-electron chi connectivity index (χ2n) is 4.60. The molecule has 118 valence electrons. The molecule has 1 N–H and O–H groups in total. The van der Waals surface area contributed by atoms with Crippen LogP contribution in [0.25, 0.3) is 0 Å². The van der Waals surface area contributed by atoms with E-state index in [0.29, 0.717) is 18.1 Å². The second kappa shape index (κ2) is 7.51. The number of nitrogens with zero attached hydrogens (tertiary/aromatic N) is 1. The first-order valence-corrected chi connectivity index (χ1v) is 7.90. The van der Waals surface area contributed by atoms with Crippen molar-refractivity contribution >= 4 is 41.3 Å². The minimum Gasteiger partial charge on any atom is -0.455 e. The molecule has 0 aliphatic carbocycles. The van der Waals surface area contributed by atoms with Crippen LogP contribution in [0.5, 0.6) is 0 Å². The monoisotopic (exact) mass is 342 g/mol. The van der Waals surface area contributed by atoms with Crippen LogP contribution in [0.15, 0.2) is 29.2 Å². The number of thioether (sulfide) groups is 1. The van der Waals surface area contributed by atoms with E-state index in [1.54, 1.807) is 31.2 Å². The van der Waals surface area contributed by atoms with E-state index in [4.69, 9.17) is 16.3 Å². The number of esters is 1. The number of rotatable bonds is 5. The molecule has 0 aromatic heterocycles.